The van der Waals surface area contributed by atoms with Gasteiger partial charge < -0.3 is 14.2 Å². The summed E-state index contributed by atoms with van der Waals surface area (Å²) in [6.45, 7) is 2.49. The molecule has 0 atom stereocenters. The van der Waals surface area contributed by atoms with Crippen LogP contribution in [0.4, 0.5) is 0 Å². The molecule has 126 valence electrons. The Morgan fingerprint density at radius 2 is 2.21 bits per heavy atom. The van der Waals surface area contributed by atoms with E-state index in [0.29, 0.717) is 27.3 Å². The maximum Gasteiger partial charge on any atom is 0.307 e. The quantitative estimate of drug-likeness (QED) is 0.451. The number of amides is 1. The van der Waals surface area contributed by atoms with E-state index in [1.165, 1.54) is 16.7 Å². The first-order chi connectivity index (χ1) is 11.6. The summed E-state index contributed by atoms with van der Waals surface area (Å²) in [5.41, 5.74) is 0.824. The van der Waals surface area contributed by atoms with Gasteiger partial charge in [0.05, 0.1) is 17.9 Å². The lowest BCUT2D eigenvalue weighted by Crippen LogP contribution is -2.30. The summed E-state index contributed by atoms with van der Waals surface area (Å²) in [5.74, 6) is 0.800. The lowest BCUT2D eigenvalue weighted by atomic mass is 10.2. The number of carbonyl (C=O) groups is 2. The van der Waals surface area contributed by atoms with Crippen molar-refractivity contribution in [2.45, 2.75) is 13.3 Å². The summed E-state index contributed by atoms with van der Waals surface area (Å²) in [6.07, 6.45) is 1.88. The standard InChI is InChI=1S/C16H15NO5S2/c1-2-20-14(18)5-6-17-15(19)13(24-16(17)23)8-10-3-4-11-12(7-10)22-9-21-11/h3-4,7-8H,2,5-6,9H2,1H3/b13-8-. The number of esters is 1. The van der Waals surface area contributed by atoms with Crippen molar-refractivity contribution in [2.24, 2.45) is 0 Å². The second-order valence-electron chi connectivity index (χ2n) is 5.00. The second-order valence-corrected chi connectivity index (χ2v) is 6.68. The first kappa shape index (κ1) is 16.8. The third kappa shape index (κ3) is 3.54. The number of fused-ring (bicyclic) bond motifs is 1. The number of ether oxygens (including phenoxy) is 3. The minimum absolute atomic E-state index is 0.123. The topological polar surface area (TPSA) is 65.1 Å². The van der Waals surface area contributed by atoms with Crippen molar-refractivity contribution in [1.82, 2.24) is 4.90 Å². The van der Waals surface area contributed by atoms with Crippen LogP contribution < -0.4 is 9.47 Å². The van der Waals surface area contributed by atoms with Crippen LogP contribution in [-0.4, -0.2) is 41.0 Å². The summed E-state index contributed by atoms with van der Waals surface area (Å²) < 4.78 is 15.9. The molecule has 0 aliphatic carbocycles. The molecule has 2 heterocycles. The van der Waals surface area contributed by atoms with Gasteiger partial charge in [-0.25, -0.2) is 0 Å². The molecule has 24 heavy (non-hydrogen) atoms. The van der Waals surface area contributed by atoms with Gasteiger partial charge in [-0.1, -0.05) is 30.0 Å². The minimum atomic E-state index is -0.341. The molecule has 0 spiro atoms. The minimum Gasteiger partial charge on any atom is -0.466 e. The molecule has 2 aliphatic rings. The number of thioether (sulfide) groups is 1. The first-order valence-electron chi connectivity index (χ1n) is 7.39. The van der Waals surface area contributed by atoms with E-state index in [1.54, 1.807) is 19.1 Å². The first-order valence-corrected chi connectivity index (χ1v) is 8.61. The molecular formula is C16H15NO5S2. The molecule has 0 unspecified atom stereocenters. The number of hydrogen-bond acceptors (Lipinski definition) is 7. The molecule has 2 aliphatic heterocycles. The Bertz CT molecular complexity index is 731. The molecule has 8 heteroatoms. The van der Waals surface area contributed by atoms with E-state index >= 15 is 0 Å². The molecule has 1 fully saturated rings. The van der Waals surface area contributed by atoms with Crippen molar-refractivity contribution in [3.05, 3.63) is 28.7 Å². The summed E-state index contributed by atoms with van der Waals surface area (Å²) in [4.78, 5) is 25.9. The number of hydrogen-bond donors (Lipinski definition) is 0. The number of rotatable bonds is 5. The SMILES string of the molecule is CCOC(=O)CCN1C(=O)/C(=C/c2ccc3c(c2)OCO3)SC1=S. The van der Waals surface area contributed by atoms with Gasteiger partial charge in [-0.05, 0) is 30.7 Å². The molecule has 0 N–H and O–H groups in total. The molecule has 6 nitrogen and oxygen atoms in total. The van der Waals surface area contributed by atoms with Crippen LogP contribution in [0.2, 0.25) is 0 Å². The molecule has 1 aromatic rings. The molecule has 0 saturated carbocycles. The molecular weight excluding hydrogens is 350 g/mol. The Labute approximate surface area is 148 Å². The predicted molar refractivity (Wildman–Crippen MR) is 93.7 cm³/mol. The van der Waals surface area contributed by atoms with Crippen molar-refractivity contribution in [3.8, 4) is 11.5 Å². The van der Waals surface area contributed by atoms with Gasteiger partial charge in [0, 0.05) is 6.54 Å². The Morgan fingerprint density at radius 1 is 1.42 bits per heavy atom. The highest BCUT2D eigenvalue weighted by Gasteiger charge is 2.32. The Kier molecular flexibility index (Phi) is 5.06. The van der Waals surface area contributed by atoms with Crippen LogP contribution in [0, 0.1) is 0 Å². The predicted octanol–water partition coefficient (Wildman–Crippen LogP) is 2.57. The zero-order valence-corrected chi connectivity index (χ0v) is 14.6. The molecule has 0 aromatic heterocycles. The fraction of sp³-hybridized carbons (Fsp3) is 0.312. The van der Waals surface area contributed by atoms with Crippen LogP contribution >= 0.6 is 24.0 Å². The largest absolute Gasteiger partial charge is 0.466 e. The van der Waals surface area contributed by atoms with E-state index in [9.17, 15) is 9.59 Å². The van der Waals surface area contributed by atoms with Crippen LogP contribution in [0.3, 0.4) is 0 Å². The highest BCUT2D eigenvalue weighted by Crippen LogP contribution is 2.36. The van der Waals surface area contributed by atoms with Crippen molar-refractivity contribution in [3.63, 3.8) is 0 Å². The lowest BCUT2D eigenvalue weighted by Gasteiger charge is -2.13. The number of carbonyl (C=O) groups excluding carboxylic acids is 2. The normalized spacial score (nSPS) is 17.7. The van der Waals surface area contributed by atoms with Crippen LogP contribution in [-0.2, 0) is 14.3 Å². The van der Waals surface area contributed by atoms with Gasteiger partial charge in [0.15, 0.2) is 11.5 Å². The summed E-state index contributed by atoms with van der Waals surface area (Å²) in [7, 11) is 0. The van der Waals surface area contributed by atoms with Gasteiger partial charge in [0.2, 0.25) is 6.79 Å². The van der Waals surface area contributed by atoms with Gasteiger partial charge in [-0.2, -0.15) is 0 Å². The smallest absolute Gasteiger partial charge is 0.307 e. The molecule has 1 amide bonds. The zero-order valence-electron chi connectivity index (χ0n) is 12.9. The molecule has 1 saturated heterocycles. The van der Waals surface area contributed by atoms with E-state index in [1.807, 2.05) is 12.1 Å². The monoisotopic (exact) mass is 365 g/mol. The third-order valence-electron chi connectivity index (χ3n) is 3.41. The fourth-order valence-electron chi connectivity index (χ4n) is 2.28. The van der Waals surface area contributed by atoms with Crippen LogP contribution in [0.25, 0.3) is 6.08 Å². The molecule has 0 bridgehead atoms. The fourth-order valence-corrected chi connectivity index (χ4v) is 3.59. The van der Waals surface area contributed by atoms with E-state index in [4.69, 9.17) is 26.4 Å². The second kappa shape index (κ2) is 7.23. The van der Waals surface area contributed by atoms with E-state index in [0.717, 1.165) is 5.56 Å². The van der Waals surface area contributed by atoms with Gasteiger partial charge in [-0.3, -0.25) is 14.5 Å². The highest BCUT2D eigenvalue weighted by molar-refractivity contribution is 8.26. The average molecular weight is 365 g/mol. The van der Waals surface area contributed by atoms with Crippen LogP contribution in [0.15, 0.2) is 23.1 Å². The maximum atomic E-state index is 12.5. The molecule has 0 radical (unpaired) electrons. The average Bonchev–Trinajstić information content (AvgIpc) is 3.11. The summed E-state index contributed by atoms with van der Waals surface area (Å²) >= 11 is 6.46. The van der Waals surface area contributed by atoms with Gasteiger partial charge in [-0.15, -0.1) is 0 Å². The number of thiocarbonyl (C=S) groups is 1. The highest BCUT2D eigenvalue weighted by atomic mass is 32.2. The van der Waals surface area contributed by atoms with Gasteiger partial charge >= 0.3 is 5.97 Å². The van der Waals surface area contributed by atoms with E-state index in [2.05, 4.69) is 0 Å². The number of benzene rings is 1. The number of nitrogens with zero attached hydrogens (tertiary/aromatic N) is 1. The van der Waals surface area contributed by atoms with Crippen molar-refractivity contribution >= 4 is 46.3 Å². The van der Waals surface area contributed by atoms with Crippen LogP contribution in [0.1, 0.15) is 18.9 Å². The van der Waals surface area contributed by atoms with Crippen molar-refractivity contribution in [2.75, 3.05) is 19.9 Å². The van der Waals surface area contributed by atoms with E-state index in [-0.39, 0.29) is 31.6 Å². The van der Waals surface area contributed by atoms with Crippen molar-refractivity contribution in [1.29, 1.82) is 0 Å². The lowest BCUT2D eigenvalue weighted by molar-refractivity contribution is -0.143. The molecule has 3 rings (SSSR count). The Balaban J connectivity index is 1.70. The summed E-state index contributed by atoms with van der Waals surface area (Å²) in [6, 6.07) is 5.46. The van der Waals surface area contributed by atoms with E-state index < -0.39 is 0 Å². The van der Waals surface area contributed by atoms with Crippen molar-refractivity contribution < 1.29 is 23.8 Å². The zero-order chi connectivity index (χ0) is 17.1. The third-order valence-corrected chi connectivity index (χ3v) is 4.79. The van der Waals surface area contributed by atoms with Gasteiger partial charge in [0.1, 0.15) is 4.32 Å². The summed E-state index contributed by atoms with van der Waals surface area (Å²) in [5, 5.41) is 0. The maximum absolute atomic E-state index is 12.5. The molecule has 1 aromatic carbocycles. The van der Waals surface area contributed by atoms with Crippen LogP contribution in [0.5, 0.6) is 11.5 Å². The Morgan fingerprint density at radius 3 is 3.00 bits per heavy atom. The van der Waals surface area contributed by atoms with Gasteiger partial charge in [0.25, 0.3) is 5.91 Å². The Hall–Kier alpha value is -2.06.